The van der Waals surface area contributed by atoms with E-state index in [-0.39, 0.29) is 13.2 Å². The molecule has 2 radical (unpaired) electrons. The fourth-order valence-corrected chi connectivity index (χ4v) is 3.19. The molecule has 30 heavy (non-hydrogen) atoms. The molecule has 2 aromatic carbocycles. The Kier molecular flexibility index (Phi) is 7.24. The fourth-order valence-electron chi connectivity index (χ4n) is 3.19. The highest BCUT2D eigenvalue weighted by molar-refractivity contribution is 6.11. The normalized spacial score (nSPS) is 22.8. The summed E-state index contributed by atoms with van der Waals surface area (Å²) in [5, 5.41) is 0. The van der Waals surface area contributed by atoms with E-state index in [1.54, 1.807) is 60.7 Å². The van der Waals surface area contributed by atoms with E-state index in [0.717, 1.165) is 0 Å². The second-order valence-electron chi connectivity index (χ2n) is 6.81. The average Bonchev–Trinajstić information content (AvgIpc) is 3.05. The molecule has 0 saturated carbocycles. The molecule has 0 bridgehead atoms. The summed E-state index contributed by atoms with van der Waals surface area (Å²) in [6.07, 6.45) is -1.55. The van der Waals surface area contributed by atoms with Crippen LogP contribution >= 0.6 is 0 Å². The van der Waals surface area contributed by atoms with Crippen molar-refractivity contribution in [1.29, 1.82) is 0 Å². The largest absolute Gasteiger partial charge is 0.462 e. The molecule has 1 saturated heterocycles. The van der Waals surface area contributed by atoms with Gasteiger partial charge in [0.15, 0.2) is 0 Å². The number of carbonyl (C=O) groups is 3. The van der Waals surface area contributed by atoms with Gasteiger partial charge in [0.05, 0.1) is 23.0 Å². The highest BCUT2D eigenvalue weighted by Gasteiger charge is 2.45. The van der Waals surface area contributed by atoms with Gasteiger partial charge < -0.3 is 18.9 Å². The summed E-state index contributed by atoms with van der Waals surface area (Å²) >= 11 is 0. The van der Waals surface area contributed by atoms with Gasteiger partial charge in [-0.05, 0) is 24.3 Å². The lowest BCUT2D eigenvalue weighted by atomic mass is 9.88. The van der Waals surface area contributed by atoms with Crippen LogP contribution in [-0.2, 0) is 23.7 Å². The van der Waals surface area contributed by atoms with E-state index in [1.807, 2.05) is 0 Å². The van der Waals surface area contributed by atoms with E-state index in [2.05, 4.69) is 0 Å². The molecule has 3 rings (SSSR count). The van der Waals surface area contributed by atoms with Gasteiger partial charge in [0.1, 0.15) is 33.3 Å². The van der Waals surface area contributed by atoms with Crippen molar-refractivity contribution in [2.75, 3.05) is 13.2 Å². The highest BCUT2D eigenvalue weighted by Crippen LogP contribution is 2.29. The molecule has 1 fully saturated rings. The number of ether oxygens (including phenoxy) is 4. The minimum absolute atomic E-state index is 0.118. The Morgan fingerprint density at radius 2 is 1.37 bits per heavy atom. The van der Waals surface area contributed by atoms with E-state index >= 15 is 0 Å². The van der Waals surface area contributed by atoms with Gasteiger partial charge >= 0.3 is 17.9 Å². The molecule has 0 amide bonds. The maximum absolute atomic E-state index is 12.3. The van der Waals surface area contributed by atoms with Gasteiger partial charge in [0, 0.05) is 6.92 Å². The first-order valence-corrected chi connectivity index (χ1v) is 9.48. The van der Waals surface area contributed by atoms with Gasteiger partial charge in [0.25, 0.3) is 0 Å². The third-order valence-electron chi connectivity index (χ3n) is 4.66. The van der Waals surface area contributed by atoms with Gasteiger partial charge in [0.2, 0.25) is 0 Å². The van der Waals surface area contributed by atoms with Crippen molar-refractivity contribution in [1.82, 2.24) is 0 Å². The summed E-state index contributed by atoms with van der Waals surface area (Å²) in [6, 6.07) is 16.0. The number of carbonyl (C=O) groups excluding carboxylic acids is 3. The van der Waals surface area contributed by atoms with E-state index in [4.69, 9.17) is 26.8 Å². The van der Waals surface area contributed by atoms with Crippen molar-refractivity contribution < 1.29 is 33.3 Å². The van der Waals surface area contributed by atoms with Crippen LogP contribution in [0.2, 0.25) is 0 Å². The average molecular weight is 408 g/mol. The first kappa shape index (κ1) is 21.6. The lowest BCUT2D eigenvalue weighted by molar-refractivity contribution is -0.149. The lowest BCUT2D eigenvalue weighted by Gasteiger charge is -2.23. The quantitative estimate of drug-likeness (QED) is 0.394. The summed E-state index contributed by atoms with van der Waals surface area (Å²) < 4.78 is 21.6. The van der Waals surface area contributed by atoms with Crippen LogP contribution < -0.4 is 0 Å². The van der Waals surface area contributed by atoms with Crippen molar-refractivity contribution in [3.8, 4) is 0 Å². The number of hydrogen-bond donors (Lipinski definition) is 0. The van der Waals surface area contributed by atoms with Gasteiger partial charge in [-0.2, -0.15) is 0 Å². The number of esters is 3. The van der Waals surface area contributed by atoms with Gasteiger partial charge in [-0.15, -0.1) is 0 Å². The zero-order valence-electron chi connectivity index (χ0n) is 16.4. The topological polar surface area (TPSA) is 88.1 Å². The lowest BCUT2D eigenvalue weighted by Crippen LogP contribution is -2.37. The van der Waals surface area contributed by atoms with Crippen molar-refractivity contribution in [2.24, 2.45) is 5.92 Å². The van der Waals surface area contributed by atoms with Crippen LogP contribution in [0.25, 0.3) is 0 Å². The van der Waals surface area contributed by atoms with E-state index in [0.29, 0.717) is 11.1 Å². The van der Waals surface area contributed by atoms with Crippen LogP contribution in [0.4, 0.5) is 0 Å². The van der Waals surface area contributed by atoms with Crippen molar-refractivity contribution in [2.45, 2.75) is 25.1 Å². The second-order valence-corrected chi connectivity index (χ2v) is 6.81. The Balaban J connectivity index is 1.66. The molecular weight excluding hydrogens is 387 g/mol. The van der Waals surface area contributed by atoms with Crippen LogP contribution in [0.15, 0.2) is 60.7 Å². The van der Waals surface area contributed by atoms with Gasteiger partial charge in [-0.1, -0.05) is 36.4 Å². The molecule has 0 N–H and O–H groups in total. The van der Waals surface area contributed by atoms with Crippen molar-refractivity contribution >= 4 is 25.8 Å². The van der Waals surface area contributed by atoms with E-state index in [9.17, 15) is 14.4 Å². The van der Waals surface area contributed by atoms with Crippen LogP contribution in [0, 0.1) is 5.92 Å². The standard InChI is InChI=1S/C22H21BO7/c1-14(24)29-19-17(12-27-21(25)15-8-4-2-5-9-15)18(30-20(19)23)13-28-22(26)16-10-6-3-7-11-16/h2-11,17-20H,12-13H2,1H3/t17-,18-,19-,20-/m1/s1. The van der Waals surface area contributed by atoms with Gasteiger partial charge in [-0.25, -0.2) is 9.59 Å². The molecule has 0 aliphatic carbocycles. The van der Waals surface area contributed by atoms with E-state index in [1.165, 1.54) is 6.92 Å². The molecule has 0 spiro atoms. The third-order valence-corrected chi connectivity index (χ3v) is 4.66. The molecule has 154 valence electrons. The molecule has 1 aliphatic heterocycles. The maximum Gasteiger partial charge on any atom is 0.338 e. The van der Waals surface area contributed by atoms with Crippen molar-refractivity contribution in [3.63, 3.8) is 0 Å². The molecule has 8 heteroatoms. The zero-order chi connectivity index (χ0) is 21.5. The second kappa shape index (κ2) is 10.1. The summed E-state index contributed by atoms with van der Waals surface area (Å²) in [7, 11) is 5.96. The Hall–Kier alpha value is -3.13. The summed E-state index contributed by atoms with van der Waals surface area (Å²) in [5.41, 5.74) is 0.778. The van der Waals surface area contributed by atoms with Crippen LogP contribution in [-0.4, -0.2) is 57.2 Å². The molecule has 1 aliphatic rings. The molecule has 0 aromatic heterocycles. The van der Waals surface area contributed by atoms with Crippen molar-refractivity contribution in [3.05, 3.63) is 71.8 Å². The fraction of sp³-hybridized carbons (Fsp3) is 0.318. The smallest absolute Gasteiger partial charge is 0.338 e. The molecule has 4 atom stereocenters. The Morgan fingerprint density at radius 1 is 0.867 bits per heavy atom. The Labute approximate surface area is 175 Å². The SMILES string of the molecule is [B][C@@H]1O[C@H](COC(=O)c2ccccc2)[C@@H](COC(=O)c2ccccc2)[C@H]1OC(C)=O. The molecule has 7 nitrogen and oxygen atoms in total. The Morgan fingerprint density at radius 3 is 1.87 bits per heavy atom. The number of rotatable bonds is 7. The highest BCUT2D eigenvalue weighted by atomic mass is 16.6. The maximum atomic E-state index is 12.3. The molecule has 1 heterocycles. The minimum atomic E-state index is -0.935. The first-order chi connectivity index (χ1) is 14.5. The van der Waals surface area contributed by atoms with Gasteiger partial charge in [-0.3, -0.25) is 4.79 Å². The predicted molar refractivity (Wildman–Crippen MR) is 107 cm³/mol. The van der Waals surface area contributed by atoms with Crippen LogP contribution in [0.3, 0.4) is 0 Å². The zero-order valence-corrected chi connectivity index (χ0v) is 16.4. The summed E-state index contributed by atoms with van der Waals surface area (Å²) in [5.74, 6) is -2.19. The number of hydrogen-bond acceptors (Lipinski definition) is 7. The van der Waals surface area contributed by atoms with Crippen LogP contribution in [0.1, 0.15) is 27.6 Å². The summed E-state index contributed by atoms with van der Waals surface area (Å²) in [4.78, 5) is 36.0. The first-order valence-electron chi connectivity index (χ1n) is 9.48. The Bertz CT molecular complexity index is 872. The molecule has 2 aromatic rings. The third kappa shape index (κ3) is 5.48. The minimum Gasteiger partial charge on any atom is -0.462 e. The summed E-state index contributed by atoms with van der Waals surface area (Å²) in [6.45, 7) is 1.00. The van der Waals surface area contributed by atoms with E-state index < -0.39 is 42.0 Å². The van der Waals surface area contributed by atoms with Crippen LogP contribution in [0.5, 0.6) is 0 Å². The monoisotopic (exact) mass is 408 g/mol. The predicted octanol–water partition coefficient (Wildman–Crippen LogP) is 2.14. The molecule has 0 unspecified atom stereocenters. The molecular formula is C22H21BO7. The number of benzene rings is 2.